The van der Waals surface area contributed by atoms with Crippen LogP contribution in [0.2, 0.25) is 0 Å². The van der Waals surface area contributed by atoms with Gasteiger partial charge >= 0.3 is 0 Å². The Morgan fingerprint density at radius 3 is 2.30 bits per heavy atom. The first-order valence-electron chi connectivity index (χ1n) is 10.4. The Morgan fingerprint density at radius 2 is 1.70 bits per heavy atom. The maximum absolute atomic E-state index is 12.7. The van der Waals surface area contributed by atoms with Crippen molar-refractivity contribution in [3.8, 4) is 17.6 Å². The van der Waals surface area contributed by atoms with Crippen molar-refractivity contribution in [2.45, 2.75) is 38.3 Å². The molecule has 2 atom stereocenters. The minimum Gasteiger partial charge on any atom is -0.497 e. The molecule has 0 aromatic heterocycles. The Hall–Kier alpha value is -3.04. The summed E-state index contributed by atoms with van der Waals surface area (Å²) in [6.45, 7) is 4.32. The molecular formula is C24H29N3O3. The van der Waals surface area contributed by atoms with Crippen LogP contribution in [0.25, 0.3) is 0 Å². The highest BCUT2D eigenvalue weighted by Gasteiger charge is 2.24. The molecule has 0 radical (unpaired) electrons. The zero-order chi connectivity index (χ0) is 21.3. The molecule has 1 aliphatic rings. The van der Waals surface area contributed by atoms with Gasteiger partial charge in [0.25, 0.3) is 5.91 Å². The molecule has 1 amide bonds. The SMILES string of the molecule is COc1ccc(C(CNC(=O)C(C)Oc2ccc(C#N)cc2)N2CCCCC2)cc1. The minimum absolute atomic E-state index is 0.113. The van der Waals surface area contributed by atoms with Crippen LogP contribution in [0.1, 0.15) is 43.4 Å². The third-order valence-electron chi connectivity index (χ3n) is 5.47. The first-order chi connectivity index (χ1) is 14.6. The lowest BCUT2D eigenvalue weighted by atomic mass is 10.0. The van der Waals surface area contributed by atoms with Crippen LogP contribution in [-0.2, 0) is 4.79 Å². The van der Waals surface area contributed by atoms with E-state index in [0.717, 1.165) is 18.8 Å². The third-order valence-corrected chi connectivity index (χ3v) is 5.47. The molecule has 0 bridgehead atoms. The summed E-state index contributed by atoms with van der Waals surface area (Å²) < 4.78 is 11.0. The molecule has 0 aliphatic carbocycles. The molecule has 0 saturated carbocycles. The van der Waals surface area contributed by atoms with Crippen molar-refractivity contribution in [2.24, 2.45) is 0 Å². The summed E-state index contributed by atoms with van der Waals surface area (Å²) in [5.41, 5.74) is 1.72. The first-order valence-corrected chi connectivity index (χ1v) is 10.4. The number of likely N-dealkylation sites (tertiary alicyclic amines) is 1. The molecule has 2 aromatic carbocycles. The van der Waals surface area contributed by atoms with Gasteiger partial charge in [0.05, 0.1) is 24.8 Å². The van der Waals surface area contributed by atoms with Gasteiger partial charge in [0.1, 0.15) is 11.5 Å². The van der Waals surface area contributed by atoms with Gasteiger partial charge in [-0.25, -0.2) is 0 Å². The van der Waals surface area contributed by atoms with Crippen molar-refractivity contribution >= 4 is 5.91 Å². The second-order valence-electron chi connectivity index (χ2n) is 7.53. The number of nitrogens with zero attached hydrogens (tertiary/aromatic N) is 2. The minimum atomic E-state index is -0.629. The van der Waals surface area contributed by atoms with Crippen molar-refractivity contribution in [3.05, 3.63) is 59.7 Å². The molecule has 2 aromatic rings. The van der Waals surface area contributed by atoms with Crippen LogP contribution in [-0.4, -0.2) is 43.7 Å². The van der Waals surface area contributed by atoms with Crippen LogP contribution < -0.4 is 14.8 Å². The number of nitrogens with one attached hydrogen (secondary N) is 1. The number of amides is 1. The topological polar surface area (TPSA) is 74.6 Å². The molecule has 1 aliphatic heterocycles. The second-order valence-corrected chi connectivity index (χ2v) is 7.53. The lowest BCUT2D eigenvalue weighted by molar-refractivity contribution is -0.127. The van der Waals surface area contributed by atoms with E-state index in [2.05, 4.69) is 28.4 Å². The molecule has 0 spiro atoms. The van der Waals surface area contributed by atoms with E-state index >= 15 is 0 Å². The first kappa shape index (κ1) is 21.7. The molecule has 1 N–H and O–H groups in total. The van der Waals surface area contributed by atoms with E-state index < -0.39 is 6.10 Å². The zero-order valence-corrected chi connectivity index (χ0v) is 17.6. The lowest BCUT2D eigenvalue weighted by Gasteiger charge is -2.35. The number of carbonyl (C=O) groups is 1. The van der Waals surface area contributed by atoms with Gasteiger partial charge in [-0.05, 0) is 74.8 Å². The fourth-order valence-electron chi connectivity index (χ4n) is 3.72. The van der Waals surface area contributed by atoms with E-state index in [1.54, 1.807) is 38.3 Å². The molecular weight excluding hydrogens is 378 g/mol. The number of nitriles is 1. The molecule has 1 heterocycles. The Balaban J connectivity index is 1.62. The Kier molecular flexibility index (Phi) is 7.69. The fourth-order valence-corrected chi connectivity index (χ4v) is 3.72. The average Bonchev–Trinajstić information content (AvgIpc) is 2.80. The molecule has 158 valence electrons. The summed E-state index contributed by atoms with van der Waals surface area (Å²) in [5.74, 6) is 1.24. The summed E-state index contributed by atoms with van der Waals surface area (Å²) in [7, 11) is 1.66. The smallest absolute Gasteiger partial charge is 0.260 e. The predicted molar refractivity (Wildman–Crippen MR) is 115 cm³/mol. The molecule has 6 nitrogen and oxygen atoms in total. The van der Waals surface area contributed by atoms with E-state index in [4.69, 9.17) is 14.7 Å². The van der Waals surface area contributed by atoms with Crippen molar-refractivity contribution in [2.75, 3.05) is 26.7 Å². The van der Waals surface area contributed by atoms with Gasteiger partial charge in [-0.2, -0.15) is 5.26 Å². The van der Waals surface area contributed by atoms with Gasteiger partial charge in [0.15, 0.2) is 6.10 Å². The molecule has 3 rings (SSSR count). The normalized spacial score (nSPS) is 16.2. The Bertz CT molecular complexity index is 853. The maximum atomic E-state index is 12.7. The largest absolute Gasteiger partial charge is 0.497 e. The summed E-state index contributed by atoms with van der Waals surface area (Å²) in [4.78, 5) is 15.1. The maximum Gasteiger partial charge on any atom is 0.260 e. The Morgan fingerprint density at radius 1 is 1.07 bits per heavy atom. The third kappa shape index (κ3) is 5.74. The average molecular weight is 408 g/mol. The highest BCUT2D eigenvalue weighted by molar-refractivity contribution is 5.80. The Labute approximate surface area is 178 Å². The number of ether oxygens (including phenoxy) is 2. The van der Waals surface area contributed by atoms with Gasteiger partial charge in [-0.1, -0.05) is 18.6 Å². The van der Waals surface area contributed by atoms with E-state index in [1.165, 1.54) is 24.8 Å². The number of hydrogen-bond acceptors (Lipinski definition) is 5. The quantitative estimate of drug-likeness (QED) is 0.723. The summed E-state index contributed by atoms with van der Waals surface area (Å²) in [5, 5.41) is 11.9. The highest BCUT2D eigenvalue weighted by atomic mass is 16.5. The monoisotopic (exact) mass is 407 g/mol. The van der Waals surface area contributed by atoms with E-state index in [-0.39, 0.29) is 11.9 Å². The number of hydrogen-bond donors (Lipinski definition) is 1. The zero-order valence-electron chi connectivity index (χ0n) is 17.6. The highest BCUT2D eigenvalue weighted by Crippen LogP contribution is 2.26. The number of piperidine rings is 1. The van der Waals surface area contributed by atoms with E-state index in [0.29, 0.717) is 17.9 Å². The number of methoxy groups -OCH3 is 1. The lowest BCUT2D eigenvalue weighted by Crippen LogP contribution is -2.43. The van der Waals surface area contributed by atoms with Crippen LogP contribution in [0, 0.1) is 11.3 Å². The predicted octanol–water partition coefficient (Wildman–Crippen LogP) is 3.68. The van der Waals surface area contributed by atoms with Crippen LogP contribution >= 0.6 is 0 Å². The molecule has 6 heteroatoms. The van der Waals surface area contributed by atoms with Gasteiger partial charge in [0.2, 0.25) is 0 Å². The number of benzene rings is 2. The van der Waals surface area contributed by atoms with E-state index in [9.17, 15) is 4.79 Å². The second kappa shape index (κ2) is 10.7. The standard InChI is InChI=1S/C24H29N3O3/c1-18(30-22-10-6-19(16-25)7-11-22)24(28)26-17-23(27-14-4-3-5-15-27)20-8-12-21(29-2)13-9-20/h6-13,18,23H,3-5,14-15,17H2,1-2H3,(H,26,28). The van der Waals surface area contributed by atoms with Crippen molar-refractivity contribution < 1.29 is 14.3 Å². The number of carbonyl (C=O) groups excluding carboxylic acids is 1. The van der Waals surface area contributed by atoms with Gasteiger partial charge in [-0.15, -0.1) is 0 Å². The molecule has 2 unspecified atom stereocenters. The summed E-state index contributed by atoms with van der Waals surface area (Å²) in [6.07, 6.45) is 2.99. The van der Waals surface area contributed by atoms with Crippen LogP contribution in [0.15, 0.2) is 48.5 Å². The van der Waals surface area contributed by atoms with Crippen LogP contribution in [0.3, 0.4) is 0 Å². The number of rotatable bonds is 8. The molecule has 30 heavy (non-hydrogen) atoms. The van der Waals surface area contributed by atoms with Crippen LogP contribution in [0.5, 0.6) is 11.5 Å². The van der Waals surface area contributed by atoms with Crippen molar-refractivity contribution in [1.29, 1.82) is 5.26 Å². The van der Waals surface area contributed by atoms with Crippen molar-refractivity contribution in [1.82, 2.24) is 10.2 Å². The summed E-state index contributed by atoms with van der Waals surface area (Å²) in [6, 6.07) is 17.0. The van der Waals surface area contributed by atoms with E-state index in [1.807, 2.05) is 12.1 Å². The van der Waals surface area contributed by atoms with Crippen LogP contribution in [0.4, 0.5) is 0 Å². The van der Waals surface area contributed by atoms with Gasteiger partial charge < -0.3 is 14.8 Å². The van der Waals surface area contributed by atoms with Gasteiger partial charge in [-0.3, -0.25) is 9.69 Å². The van der Waals surface area contributed by atoms with Gasteiger partial charge in [0, 0.05) is 6.54 Å². The fraction of sp³-hybridized carbons (Fsp3) is 0.417. The molecule has 1 saturated heterocycles. The van der Waals surface area contributed by atoms with Crippen molar-refractivity contribution in [3.63, 3.8) is 0 Å². The molecule has 1 fully saturated rings. The summed E-state index contributed by atoms with van der Waals surface area (Å²) >= 11 is 0.